The monoisotopic (exact) mass is 376 g/mol. The molecular formula is C17H20N4O2S2. The molecule has 1 fully saturated rings. The fourth-order valence-corrected chi connectivity index (χ4v) is 4.14. The highest BCUT2D eigenvalue weighted by Crippen LogP contribution is 2.33. The largest absolute Gasteiger partial charge is 0.365 e. The molecule has 6 nitrogen and oxygen atoms in total. The lowest BCUT2D eigenvalue weighted by Crippen LogP contribution is -2.30. The number of benzene rings is 1. The summed E-state index contributed by atoms with van der Waals surface area (Å²) in [4.78, 5) is 23.8. The first-order valence-corrected chi connectivity index (χ1v) is 9.81. The minimum Gasteiger partial charge on any atom is -0.365 e. The molecule has 0 radical (unpaired) electrons. The molecule has 0 bridgehead atoms. The van der Waals surface area contributed by atoms with Crippen LogP contribution < -0.4 is 16.4 Å². The standard InChI is InChI=1S/C17H20N4O2S2/c1-10-2-4-12(5-3-10)9-24-16-13(14(18)22)15(25-21-16)20-17(23)19-8-11-6-7-11/h2-5,11H,6-9H2,1H3,(H2,18,22)(H2,19,20,23). The van der Waals surface area contributed by atoms with E-state index < -0.39 is 5.91 Å². The first-order valence-electron chi connectivity index (χ1n) is 8.05. The number of urea groups is 1. The van der Waals surface area contributed by atoms with E-state index in [0.717, 1.165) is 29.9 Å². The molecule has 4 N–H and O–H groups in total. The number of primary amides is 1. The third kappa shape index (κ3) is 4.96. The quantitative estimate of drug-likeness (QED) is 0.645. The van der Waals surface area contributed by atoms with Crippen LogP contribution in [0.2, 0.25) is 0 Å². The Labute approximate surface area is 154 Å². The summed E-state index contributed by atoms with van der Waals surface area (Å²) >= 11 is 2.51. The Bertz CT molecular complexity index is 769. The minimum absolute atomic E-state index is 0.281. The van der Waals surface area contributed by atoms with Gasteiger partial charge in [-0.25, -0.2) is 4.79 Å². The molecule has 1 aromatic heterocycles. The molecule has 3 rings (SSSR count). The Kier molecular flexibility index (Phi) is 5.60. The summed E-state index contributed by atoms with van der Waals surface area (Å²) in [7, 11) is 0. The smallest absolute Gasteiger partial charge is 0.319 e. The number of nitrogens with two attached hydrogens (primary N) is 1. The number of anilines is 1. The van der Waals surface area contributed by atoms with Gasteiger partial charge in [-0.15, -0.1) is 0 Å². The fourth-order valence-electron chi connectivity index (χ4n) is 2.22. The third-order valence-corrected chi connectivity index (χ3v) is 5.80. The van der Waals surface area contributed by atoms with Gasteiger partial charge in [0.1, 0.15) is 15.6 Å². The number of amides is 3. The zero-order chi connectivity index (χ0) is 17.8. The molecular weight excluding hydrogens is 356 g/mol. The van der Waals surface area contributed by atoms with E-state index in [2.05, 4.69) is 15.0 Å². The van der Waals surface area contributed by atoms with E-state index in [9.17, 15) is 9.59 Å². The molecule has 1 aromatic carbocycles. The minimum atomic E-state index is -0.586. The maximum absolute atomic E-state index is 11.9. The summed E-state index contributed by atoms with van der Waals surface area (Å²) in [6.45, 7) is 2.69. The SMILES string of the molecule is Cc1ccc(CSc2nsc(NC(=O)NCC3CC3)c2C(N)=O)cc1. The third-order valence-electron chi connectivity index (χ3n) is 3.88. The second-order valence-corrected chi connectivity index (χ2v) is 7.85. The molecule has 1 saturated carbocycles. The number of aryl methyl sites for hydroxylation is 1. The van der Waals surface area contributed by atoms with Gasteiger partial charge in [-0.3, -0.25) is 10.1 Å². The first-order chi connectivity index (χ1) is 12.0. The van der Waals surface area contributed by atoms with Crippen LogP contribution in [0.4, 0.5) is 9.80 Å². The van der Waals surface area contributed by atoms with Crippen molar-refractivity contribution in [2.75, 3.05) is 11.9 Å². The lowest BCUT2D eigenvalue weighted by molar-refractivity contribution is 0.0998. The Morgan fingerprint density at radius 1 is 1.32 bits per heavy atom. The molecule has 25 heavy (non-hydrogen) atoms. The van der Waals surface area contributed by atoms with Crippen LogP contribution in [0, 0.1) is 12.8 Å². The number of carbonyl (C=O) groups excluding carboxylic acids is 2. The highest BCUT2D eigenvalue weighted by molar-refractivity contribution is 7.98. The van der Waals surface area contributed by atoms with Gasteiger partial charge in [0, 0.05) is 12.3 Å². The van der Waals surface area contributed by atoms with Crippen molar-refractivity contribution in [3.05, 3.63) is 41.0 Å². The number of aromatic nitrogens is 1. The topological polar surface area (TPSA) is 97.1 Å². The molecule has 0 unspecified atom stereocenters. The molecule has 1 aliphatic carbocycles. The highest BCUT2D eigenvalue weighted by Gasteiger charge is 2.23. The van der Waals surface area contributed by atoms with Crippen LogP contribution in [0.15, 0.2) is 29.3 Å². The summed E-state index contributed by atoms with van der Waals surface area (Å²) in [5, 5.41) is 6.44. The van der Waals surface area contributed by atoms with E-state index in [1.165, 1.54) is 17.3 Å². The normalized spacial score (nSPS) is 13.5. The van der Waals surface area contributed by atoms with Crippen molar-refractivity contribution in [3.63, 3.8) is 0 Å². The summed E-state index contributed by atoms with van der Waals surface area (Å²) in [6.07, 6.45) is 2.32. The number of thioether (sulfide) groups is 1. The fraction of sp³-hybridized carbons (Fsp3) is 0.353. The first kappa shape index (κ1) is 17.8. The molecule has 8 heteroatoms. The van der Waals surface area contributed by atoms with Crippen molar-refractivity contribution >= 4 is 40.2 Å². The molecule has 0 atom stereocenters. The van der Waals surface area contributed by atoms with Gasteiger partial charge in [0.25, 0.3) is 5.91 Å². The second kappa shape index (κ2) is 7.88. The van der Waals surface area contributed by atoms with Gasteiger partial charge in [0.2, 0.25) is 0 Å². The van der Waals surface area contributed by atoms with E-state index >= 15 is 0 Å². The zero-order valence-electron chi connectivity index (χ0n) is 13.9. The summed E-state index contributed by atoms with van der Waals surface area (Å²) < 4.78 is 4.29. The second-order valence-electron chi connectivity index (χ2n) is 6.11. The number of hydrogen-bond donors (Lipinski definition) is 3. The predicted octanol–water partition coefficient (Wildman–Crippen LogP) is 3.37. The zero-order valence-corrected chi connectivity index (χ0v) is 15.5. The highest BCUT2D eigenvalue weighted by atomic mass is 32.2. The van der Waals surface area contributed by atoms with Crippen molar-refractivity contribution < 1.29 is 9.59 Å². The Morgan fingerprint density at radius 3 is 2.68 bits per heavy atom. The van der Waals surface area contributed by atoms with Crippen LogP contribution in [-0.4, -0.2) is 22.9 Å². The Hall–Kier alpha value is -2.06. The molecule has 132 valence electrons. The van der Waals surface area contributed by atoms with Gasteiger partial charge in [-0.2, -0.15) is 4.37 Å². The van der Waals surface area contributed by atoms with Crippen LogP contribution in [0.1, 0.15) is 34.3 Å². The van der Waals surface area contributed by atoms with Crippen molar-refractivity contribution in [1.29, 1.82) is 0 Å². The van der Waals surface area contributed by atoms with Crippen LogP contribution >= 0.6 is 23.3 Å². The molecule has 2 aromatic rings. The number of rotatable bonds is 7. The Morgan fingerprint density at radius 2 is 2.04 bits per heavy atom. The lowest BCUT2D eigenvalue weighted by atomic mass is 10.2. The summed E-state index contributed by atoms with van der Waals surface area (Å²) in [6, 6.07) is 7.85. The summed E-state index contributed by atoms with van der Waals surface area (Å²) in [5.74, 6) is 0.679. The van der Waals surface area contributed by atoms with Gasteiger partial charge >= 0.3 is 6.03 Å². The van der Waals surface area contributed by atoms with Crippen molar-refractivity contribution in [1.82, 2.24) is 9.69 Å². The Balaban J connectivity index is 1.64. The number of nitrogens with zero attached hydrogens (tertiary/aromatic N) is 1. The number of nitrogens with one attached hydrogen (secondary N) is 2. The van der Waals surface area contributed by atoms with E-state index in [4.69, 9.17) is 5.73 Å². The van der Waals surface area contributed by atoms with Crippen LogP contribution in [0.25, 0.3) is 0 Å². The molecule has 1 aliphatic rings. The number of hydrogen-bond acceptors (Lipinski definition) is 5. The maximum atomic E-state index is 11.9. The molecule has 0 saturated heterocycles. The molecule has 3 amide bonds. The van der Waals surface area contributed by atoms with Gasteiger partial charge < -0.3 is 11.1 Å². The van der Waals surface area contributed by atoms with E-state index in [0.29, 0.717) is 28.2 Å². The summed E-state index contributed by atoms with van der Waals surface area (Å²) in [5.41, 5.74) is 8.11. The van der Waals surface area contributed by atoms with E-state index in [1.807, 2.05) is 31.2 Å². The average molecular weight is 377 g/mol. The van der Waals surface area contributed by atoms with Crippen molar-refractivity contribution in [3.8, 4) is 0 Å². The van der Waals surface area contributed by atoms with Gasteiger partial charge in [-0.1, -0.05) is 41.6 Å². The average Bonchev–Trinajstić information content (AvgIpc) is 3.32. The predicted molar refractivity (Wildman–Crippen MR) is 101 cm³/mol. The van der Waals surface area contributed by atoms with Crippen molar-refractivity contribution in [2.24, 2.45) is 11.7 Å². The van der Waals surface area contributed by atoms with E-state index in [1.54, 1.807) is 0 Å². The van der Waals surface area contributed by atoms with Crippen LogP contribution in [0.3, 0.4) is 0 Å². The molecule has 0 aliphatic heterocycles. The van der Waals surface area contributed by atoms with Crippen molar-refractivity contribution in [2.45, 2.75) is 30.5 Å². The van der Waals surface area contributed by atoms with E-state index in [-0.39, 0.29) is 11.6 Å². The van der Waals surface area contributed by atoms with Crippen LogP contribution in [-0.2, 0) is 5.75 Å². The lowest BCUT2D eigenvalue weighted by Gasteiger charge is -2.06. The number of carbonyl (C=O) groups is 2. The molecule has 1 heterocycles. The van der Waals surface area contributed by atoms with Gasteiger partial charge in [0.05, 0.1) is 0 Å². The van der Waals surface area contributed by atoms with Gasteiger partial charge in [-0.05, 0) is 42.8 Å². The van der Waals surface area contributed by atoms with Gasteiger partial charge in [0.15, 0.2) is 0 Å². The maximum Gasteiger partial charge on any atom is 0.319 e. The molecule has 0 spiro atoms. The van der Waals surface area contributed by atoms with Crippen LogP contribution in [0.5, 0.6) is 0 Å².